The van der Waals surface area contributed by atoms with Crippen LogP contribution in [-0.4, -0.2) is 18.4 Å². The molecule has 0 aliphatic rings. The summed E-state index contributed by atoms with van der Waals surface area (Å²) in [6.07, 6.45) is 2.56. The van der Waals surface area contributed by atoms with E-state index in [4.69, 9.17) is 4.74 Å². The molecule has 0 bridgehead atoms. The standard InChI is InChI=1S/C19H19N3O3S/c1-14-8-10-17(11-9-14)26(23,24)22-18-19(21-13-12-20-18)25-15(2)16-6-4-3-5-7-16/h3-13,15H,1-2H3,(H,20,22). The van der Waals surface area contributed by atoms with E-state index in [0.29, 0.717) is 0 Å². The van der Waals surface area contributed by atoms with Gasteiger partial charge >= 0.3 is 0 Å². The van der Waals surface area contributed by atoms with Crippen LogP contribution in [0.1, 0.15) is 24.2 Å². The van der Waals surface area contributed by atoms with Gasteiger partial charge in [-0.15, -0.1) is 0 Å². The lowest BCUT2D eigenvalue weighted by atomic mass is 10.1. The van der Waals surface area contributed by atoms with Crippen LogP contribution in [0.15, 0.2) is 71.9 Å². The van der Waals surface area contributed by atoms with E-state index in [1.165, 1.54) is 12.4 Å². The van der Waals surface area contributed by atoms with Crippen LogP contribution in [0.2, 0.25) is 0 Å². The van der Waals surface area contributed by atoms with Gasteiger partial charge in [-0.2, -0.15) is 0 Å². The van der Waals surface area contributed by atoms with E-state index >= 15 is 0 Å². The third-order valence-corrected chi connectivity index (χ3v) is 5.14. The first-order valence-electron chi connectivity index (χ1n) is 8.08. The van der Waals surface area contributed by atoms with Gasteiger partial charge in [0.25, 0.3) is 15.9 Å². The van der Waals surface area contributed by atoms with Crippen LogP contribution < -0.4 is 9.46 Å². The maximum absolute atomic E-state index is 12.6. The summed E-state index contributed by atoms with van der Waals surface area (Å²) >= 11 is 0. The second-order valence-corrected chi connectivity index (χ2v) is 7.48. The molecule has 1 heterocycles. The molecule has 3 aromatic rings. The normalized spacial score (nSPS) is 12.4. The second kappa shape index (κ2) is 7.53. The lowest BCUT2D eigenvalue weighted by molar-refractivity contribution is 0.218. The molecule has 7 heteroatoms. The van der Waals surface area contributed by atoms with Crippen molar-refractivity contribution in [1.82, 2.24) is 9.97 Å². The molecule has 0 amide bonds. The summed E-state index contributed by atoms with van der Waals surface area (Å²) in [4.78, 5) is 8.35. The molecule has 0 radical (unpaired) electrons. The van der Waals surface area contributed by atoms with E-state index in [0.717, 1.165) is 11.1 Å². The molecular formula is C19H19N3O3S. The Morgan fingerprint density at radius 2 is 1.62 bits per heavy atom. The number of aromatic nitrogens is 2. The first-order valence-corrected chi connectivity index (χ1v) is 9.56. The fourth-order valence-electron chi connectivity index (χ4n) is 2.34. The minimum absolute atomic E-state index is 0.0517. The zero-order valence-electron chi connectivity index (χ0n) is 14.5. The van der Waals surface area contributed by atoms with Crippen LogP contribution in [0, 0.1) is 6.92 Å². The van der Waals surface area contributed by atoms with E-state index in [2.05, 4.69) is 14.7 Å². The Kier molecular flexibility index (Phi) is 5.18. The van der Waals surface area contributed by atoms with Crippen LogP contribution >= 0.6 is 0 Å². The number of anilines is 1. The third kappa shape index (κ3) is 4.18. The molecule has 1 unspecified atom stereocenters. The number of rotatable bonds is 6. The van der Waals surface area contributed by atoms with Crippen LogP contribution in [0.5, 0.6) is 5.88 Å². The summed E-state index contributed by atoms with van der Waals surface area (Å²) in [5, 5.41) is 0. The number of nitrogens with one attached hydrogen (secondary N) is 1. The minimum atomic E-state index is -3.79. The van der Waals surface area contributed by atoms with E-state index in [1.807, 2.05) is 44.2 Å². The number of hydrogen-bond donors (Lipinski definition) is 1. The summed E-state index contributed by atoms with van der Waals surface area (Å²) in [7, 11) is -3.79. The summed E-state index contributed by atoms with van der Waals surface area (Å²) in [6, 6.07) is 16.1. The van der Waals surface area contributed by atoms with Gasteiger partial charge < -0.3 is 4.74 Å². The highest BCUT2D eigenvalue weighted by Crippen LogP contribution is 2.26. The predicted molar refractivity (Wildman–Crippen MR) is 99.5 cm³/mol. The van der Waals surface area contributed by atoms with Gasteiger partial charge in [-0.3, -0.25) is 4.72 Å². The molecule has 26 heavy (non-hydrogen) atoms. The van der Waals surface area contributed by atoms with E-state index < -0.39 is 10.0 Å². The highest BCUT2D eigenvalue weighted by Gasteiger charge is 2.19. The van der Waals surface area contributed by atoms with Gasteiger partial charge in [0.15, 0.2) is 0 Å². The second-order valence-electron chi connectivity index (χ2n) is 5.80. The summed E-state index contributed by atoms with van der Waals surface area (Å²) in [5.74, 6) is 0.176. The SMILES string of the molecule is Cc1ccc(S(=O)(=O)Nc2nccnc2OC(C)c2ccccc2)cc1. The fraction of sp³-hybridized carbons (Fsp3) is 0.158. The van der Waals surface area contributed by atoms with E-state index in [9.17, 15) is 8.42 Å². The van der Waals surface area contributed by atoms with Crippen LogP contribution in [-0.2, 0) is 10.0 Å². The van der Waals surface area contributed by atoms with E-state index in [1.54, 1.807) is 24.3 Å². The Morgan fingerprint density at radius 3 is 2.31 bits per heavy atom. The summed E-state index contributed by atoms with van der Waals surface area (Å²) in [6.45, 7) is 3.76. The van der Waals surface area contributed by atoms with Crippen molar-refractivity contribution in [2.75, 3.05) is 4.72 Å². The van der Waals surface area contributed by atoms with Crippen molar-refractivity contribution in [2.45, 2.75) is 24.8 Å². The van der Waals surface area contributed by atoms with Crippen molar-refractivity contribution in [3.63, 3.8) is 0 Å². The molecule has 0 aliphatic carbocycles. The Bertz CT molecular complexity index is 974. The monoisotopic (exact) mass is 369 g/mol. The molecule has 0 saturated carbocycles. The van der Waals surface area contributed by atoms with Gasteiger partial charge in [0.1, 0.15) is 6.10 Å². The maximum Gasteiger partial charge on any atom is 0.263 e. The quantitative estimate of drug-likeness (QED) is 0.716. The number of sulfonamides is 1. The number of hydrogen-bond acceptors (Lipinski definition) is 5. The zero-order valence-corrected chi connectivity index (χ0v) is 15.3. The number of benzene rings is 2. The third-order valence-electron chi connectivity index (χ3n) is 3.78. The van der Waals surface area contributed by atoms with Crippen LogP contribution in [0.4, 0.5) is 5.82 Å². The first kappa shape index (κ1) is 17.9. The number of nitrogens with zero attached hydrogens (tertiary/aromatic N) is 2. The average Bonchev–Trinajstić information content (AvgIpc) is 2.64. The van der Waals surface area contributed by atoms with Crippen LogP contribution in [0.3, 0.4) is 0 Å². The largest absolute Gasteiger partial charge is 0.467 e. The van der Waals surface area contributed by atoms with Crippen molar-refractivity contribution in [2.24, 2.45) is 0 Å². The molecule has 0 fully saturated rings. The molecule has 1 atom stereocenters. The lowest BCUT2D eigenvalue weighted by Gasteiger charge is -2.16. The zero-order chi connectivity index (χ0) is 18.6. The number of ether oxygens (including phenoxy) is 1. The van der Waals surface area contributed by atoms with Gasteiger partial charge in [0, 0.05) is 12.4 Å². The smallest absolute Gasteiger partial charge is 0.263 e. The molecule has 0 spiro atoms. The predicted octanol–water partition coefficient (Wildman–Crippen LogP) is 3.73. The van der Waals surface area contributed by atoms with Gasteiger partial charge in [0.2, 0.25) is 5.82 Å². The molecule has 1 aromatic heterocycles. The molecule has 134 valence electrons. The summed E-state index contributed by atoms with van der Waals surface area (Å²) in [5.41, 5.74) is 1.93. The Labute approximate surface area is 153 Å². The van der Waals surface area contributed by atoms with Crippen molar-refractivity contribution < 1.29 is 13.2 Å². The molecular weight excluding hydrogens is 350 g/mol. The van der Waals surface area contributed by atoms with Gasteiger partial charge in [-0.25, -0.2) is 18.4 Å². The first-order chi connectivity index (χ1) is 12.5. The van der Waals surface area contributed by atoms with Gasteiger partial charge in [0.05, 0.1) is 4.90 Å². The van der Waals surface area contributed by atoms with Gasteiger partial charge in [-0.05, 0) is 31.5 Å². The average molecular weight is 369 g/mol. The minimum Gasteiger partial charge on any atom is -0.467 e. The van der Waals surface area contributed by atoms with E-state index in [-0.39, 0.29) is 22.7 Å². The Hall–Kier alpha value is -2.93. The topological polar surface area (TPSA) is 81.2 Å². The molecule has 6 nitrogen and oxygen atoms in total. The molecule has 0 saturated heterocycles. The number of aryl methyl sites for hydroxylation is 1. The molecule has 2 aromatic carbocycles. The fourth-order valence-corrected chi connectivity index (χ4v) is 3.35. The molecule has 3 rings (SSSR count). The van der Waals surface area contributed by atoms with Crippen molar-refractivity contribution in [1.29, 1.82) is 0 Å². The highest BCUT2D eigenvalue weighted by molar-refractivity contribution is 7.92. The maximum atomic E-state index is 12.6. The van der Waals surface area contributed by atoms with Crippen molar-refractivity contribution >= 4 is 15.8 Å². The van der Waals surface area contributed by atoms with Crippen molar-refractivity contribution in [3.05, 3.63) is 78.1 Å². The Morgan fingerprint density at radius 1 is 0.962 bits per heavy atom. The summed E-state index contributed by atoms with van der Waals surface area (Å²) < 4.78 is 33.5. The molecule has 0 aliphatic heterocycles. The van der Waals surface area contributed by atoms with Gasteiger partial charge in [-0.1, -0.05) is 48.0 Å². The van der Waals surface area contributed by atoms with Crippen molar-refractivity contribution in [3.8, 4) is 5.88 Å². The highest BCUT2D eigenvalue weighted by atomic mass is 32.2. The van der Waals surface area contributed by atoms with Crippen LogP contribution in [0.25, 0.3) is 0 Å². The lowest BCUT2D eigenvalue weighted by Crippen LogP contribution is -2.16. The molecule has 1 N–H and O–H groups in total. The Balaban J connectivity index is 1.84.